The number of allylic oxidation sites excluding steroid dienone is 2. The Kier molecular flexibility index (Phi) is 18.6. The Balaban J connectivity index is 1.05. The van der Waals surface area contributed by atoms with Crippen molar-refractivity contribution < 1.29 is 18.0 Å². The number of amides is 2. The van der Waals surface area contributed by atoms with Gasteiger partial charge in [-0.15, -0.1) is 12.6 Å². The molecule has 1 unspecified atom stereocenters. The van der Waals surface area contributed by atoms with Crippen molar-refractivity contribution in [1.82, 2.24) is 19.4 Å². The second kappa shape index (κ2) is 23.4. The molecule has 0 aromatic heterocycles. The van der Waals surface area contributed by atoms with Crippen LogP contribution in [0.3, 0.4) is 0 Å². The van der Waals surface area contributed by atoms with Gasteiger partial charge in [-0.25, -0.2) is 13.1 Å². The molecule has 61 heavy (non-hydrogen) atoms. The minimum atomic E-state index is -4.12. The lowest BCUT2D eigenvalue weighted by Crippen LogP contribution is -2.47. The van der Waals surface area contributed by atoms with E-state index in [0.29, 0.717) is 22.3 Å². The van der Waals surface area contributed by atoms with E-state index >= 15 is 0 Å². The Bertz CT molecular complexity index is 1900. The van der Waals surface area contributed by atoms with Crippen LogP contribution in [0.1, 0.15) is 122 Å². The minimum Gasteiger partial charge on any atom is -0.381 e. The summed E-state index contributed by atoms with van der Waals surface area (Å²) in [5, 5.41) is 3.57. The largest absolute Gasteiger partial charge is 0.381 e. The summed E-state index contributed by atoms with van der Waals surface area (Å²) in [7, 11) is -4.12. The van der Waals surface area contributed by atoms with E-state index in [-0.39, 0.29) is 16.8 Å². The van der Waals surface area contributed by atoms with Gasteiger partial charge in [0.05, 0.1) is 4.90 Å². The van der Waals surface area contributed by atoms with Crippen LogP contribution in [-0.2, 0) is 14.8 Å². The number of carbonyl (C=O) groups excluding carboxylic acids is 2. The van der Waals surface area contributed by atoms with Crippen LogP contribution >= 0.6 is 12.6 Å². The predicted molar refractivity (Wildman–Crippen MR) is 254 cm³/mol. The lowest BCUT2D eigenvalue weighted by Gasteiger charge is -2.39. The Morgan fingerprint density at radius 2 is 1.51 bits per heavy atom. The number of rotatable bonds is 23. The zero-order valence-corrected chi connectivity index (χ0v) is 39.4. The summed E-state index contributed by atoms with van der Waals surface area (Å²) in [5.41, 5.74) is 12.3. The summed E-state index contributed by atoms with van der Waals surface area (Å²) in [4.78, 5) is 34.6. The fourth-order valence-corrected chi connectivity index (χ4v) is 10.2. The summed E-state index contributed by atoms with van der Waals surface area (Å²) in [5.74, 6) is -0.872. The van der Waals surface area contributed by atoms with Crippen LogP contribution in [-0.4, -0.2) is 113 Å². The summed E-state index contributed by atoms with van der Waals surface area (Å²) in [6, 6.07) is 12.2. The van der Waals surface area contributed by atoms with Gasteiger partial charge in [-0.3, -0.25) is 14.5 Å². The molecule has 2 aliphatic heterocycles. The number of anilines is 2. The number of hydrogen-bond acceptors (Lipinski definition) is 10. The number of carbonyl (C=O) groups is 2. The van der Waals surface area contributed by atoms with Crippen molar-refractivity contribution in [2.24, 2.45) is 11.1 Å². The maximum Gasteiger partial charge on any atom is 0.264 e. The van der Waals surface area contributed by atoms with Crippen LogP contribution < -0.4 is 20.7 Å². The van der Waals surface area contributed by atoms with Crippen molar-refractivity contribution in [3.63, 3.8) is 0 Å². The number of sulfonamides is 1. The number of benzene rings is 2. The first-order chi connectivity index (χ1) is 29.1. The Morgan fingerprint density at radius 1 is 0.852 bits per heavy atom. The highest BCUT2D eigenvalue weighted by Gasteiger charge is 2.29. The van der Waals surface area contributed by atoms with E-state index in [1.165, 1.54) is 37.0 Å². The molecule has 1 atom stereocenters. The lowest BCUT2D eigenvalue weighted by molar-refractivity contribution is -0.118. The van der Waals surface area contributed by atoms with Crippen molar-refractivity contribution in [2.75, 3.05) is 82.2 Å². The van der Waals surface area contributed by atoms with Crippen LogP contribution in [0.15, 0.2) is 75.6 Å². The zero-order valence-electron chi connectivity index (χ0n) is 37.7. The Labute approximate surface area is 373 Å². The first kappa shape index (κ1) is 48.7. The molecule has 1 aliphatic carbocycles. The quantitative estimate of drug-likeness (QED) is 0.0497. The van der Waals surface area contributed by atoms with Gasteiger partial charge in [0.25, 0.3) is 15.9 Å². The van der Waals surface area contributed by atoms with Crippen LogP contribution in [0.25, 0.3) is 0 Å². The van der Waals surface area contributed by atoms with Gasteiger partial charge in [-0.2, -0.15) is 0 Å². The number of primary amides is 1. The fourth-order valence-electron chi connectivity index (χ4n) is 8.88. The molecular weight excluding hydrogens is 803 g/mol. The number of piperazine rings is 2. The van der Waals surface area contributed by atoms with E-state index in [4.69, 9.17) is 5.73 Å². The van der Waals surface area contributed by atoms with Gasteiger partial charge in [0.2, 0.25) is 5.91 Å². The molecule has 13 heteroatoms. The molecule has 2 amide bonds. The van der Waals surface area contributed by atoms with Crippen molar-refractivity contribution in [1.29, 1.82) is 0 Å². The topological polar surface area (TPSA) is 131 Å². The molecule has 2 aromatic carbocycles. The molecule has 2 aromatic rings. The molecule has 0 bridgehead atoms. The number of unbranched alkanes of at least 4 members (excludes halogenated alkanes) is 3. The van der Waals surface area contributed by atoms with Gasteiger partial charge in [-0.1, -0.05) is 63.8 Å². The average Bonchev–Trinajstić information content (AvgIpc) is 3.24. The van der Waals surface area contributed by atoms with E-state index in [0.717, 1.165) is 141 Å². The molecule has 3 aliphatic rings. The predicted octanol–water partition coefficient (Wildman–Crippen LogP) is 8.10. The maximum absolute atomic E-state index is 13.4. The van der Waals surface area contributed by atoms with Crippen molar-refractivity contribution in [2.45, 2.75) is 127 Å². The average molecular weight is 878 g/mol. The number of hydrogen-bond donors (Lipinski definition) is 4. The maximum atomic E-state index is 13.4. The molecule has 0 radical (unpaired) electrons. The highest BCUT2D eigenvalue weighted by molar-refractivity contribution is 7.90. The molecule has 5 rings (SSSR count). The van der Waals surface area contributed by atoms with Crippen molar-refractivity contribution >= 4 is 45.8 Å². The molecule has 0 spiro atoms. The summed E-state index contributed by atoms with van der Waals surface area (Å²) in [6.45, 7) is 24.5. The third-order valence-electron chi connectivity index (χ3n) is 13.1. The molecule has 2 saturated heterocycles. The molecule has 338 valence electrons. The van der Waals surface area contributed by atoms with Crippen LogP contribution in [0, 0.1) is 5.41 Å². The van der Waals surface area contributed by atoms with Gasteiger partial charge in [0, 0.05) is 99.7 Å². The number of thiol groups is 1. The van der Waals surface area contributed by atoms with Crippen LogP contribution in [0.2, 0.25) is 0 Å². The van der Waals surface area contributed by atoms with Gasteiger partial charge >= 0.3 is 0 Å². The van der Waals surface area contributed by atoms with Gasteiger partial charge < -0.3 is 25.8 Å². The molecule has 2 fully saturated rings. The normalized spacial score (nSPS) is 18.5. The van der Waals surface area contributed by atoms with Crippen molar-refractivity contribution in [3.05, 3.63) is 71.3 Å². The molecule has 0 saturated carbocycles. The molecular formula is C48H75N7O4S2. The number of nitrogens with two attached hydrogens (primary N) is 1. The molecule has 11 nitrogen and oxygen atoms in total. The lowest BCUT2D eigenvalue weighted by atomic mass is 9.73. The van der Waals surface area contributed by atoms with Gasteiger partial charge in [0.15, 0.2) is 0 Å². The monoisotopic (exact) mass is 878 g/mol. The summed E-state index contributed by atoms with van der Waals surface area (Å²) >= 11 is 4.65. The first-order valence-corrected chi connectivity index (χ1v) is 24.9. The highest BCUT2D eigenvalue weighted by atomic mass is 32.2. The van der Waals surface area contributed by atoms with Crippen molar-refractivity contribution in [3.8, 4) is 0 Å². The zero-order chi connectivity index (χ0) is 44.0. The smallest absolute Gasteiger partial charge is 0.264 e. The first-order valence-electron chi connectivity index (χ1n) is 23.0. The Morgan fingerprint density at radius 3 is 2.15 bits per heavy atom. The van der Waals surface area contributed by atoms with Gasteiger partial charge in [0.1, 0.15) is 0 Å². The second-order valence-electron chi connectivity index (χ2n) is 18.4. The van der Waals surface area contributed by atoms with E-state index in [2.05, 4.69) is 76.5 Å². The van der Waals surface area contributed by atoms with Gasteiger partial charge in [-0.05, 0) is 119 Å². The third kappa shape index (κ3) is 15.4. The Hall–Kier alpha value is -3.36. The number of nitrogens with one attached hydrogen (secondary N) is 2. The van der Waals surface area contributed by atoms with E-state index in [1.54, 1.807) is 29.3 Å². The SMILES string of the molecule is C=C(CC)CCC1=C(CN2CCN(c3ccc(C(=O)NS(=O)(=O)c4ccc(NC(CC)CCN5CCN(CCCCCCC(N)=O)CC5)c(S)c4)cc3)CC2)CCC(C)(C)C1. The second-order valence-corrected chi connectivity index (χ2v) is 20.6. The van der Waals surface area contributed by atoms with E-state index in [1.807, 2.05) is 12.1 Å². The summed E-state index contributed by atoms with van der Waals surface area (Å²) < 4.78 is 29.0. The summed E-state index contributed by atoms with van der Waals surface area (Å²) in [6.07, 6.45) is 13.5. The minimum absolute atomic E-state index is 0.00583. The van der Waals surface area contributed by atoms with Crippen LogP contribution in [0.4, 0.5) is 11.4 Å². The molecule has 4 N–H and O–H groups in total. The third-order valence-corrected chi connectivity index (χ3v) is 14.8. The number of nitrogens with zero attached hydrogens (tertiary/aromatic N) is 4. The van der Waals surface area contributed by atoms with Crippen LogP contribution in [0.5, 0.6) is 0 Å². The van der Waals surface area contributed by atoms with E-state index < -0.39 is 15.9 Å². The standard InChI is InChI=1S/C48H75N7O4S2/c1-6-37(3)13-14-39-35-48(4,5)23-21-40(39)36-54-30-32-55(33-31-54)42-17-15-38(16-18-42)47(57)51-61(58,59)43-19-20-44(45(60)34-43)50-41(7-2)22-25-53-28-26-52(27-29-53)24-11-9-8-10-12-46(49)56/h15-20,34,41,50,60H,3,6-14,21-33,35-36H2,1-2,4-5H3,(H2,49,56)(H,51,57). The fraction of sp³-hybridized carbons (Fsp3) is 0.625. The highest BCUT2D eigenvalue weighted by Crippen LogP contribution is 2.41. The van der Waals surface area contributed by atoms with E-state index in [9.17, 15) is 18.0 Å². The molecule has 2 heterocycles.